The van der Waals surface area contributed by atoms with Gasteiger partial charge < -0.3 is 5.11 Å². The van der Waals surface area contributed by atoms with Gasteiger partial charge in [-0.1, -0.05) is 50.1 Å². The molecule has 0 aliphatic carbocycles. The minimum atomic E-state index is -0.938. The molecule has 0 radical (unpaired) electrons. The van der Waals surface area contributed by atoms with E-state index < -0.39 is 5.60 Å². The molecule has 1 aromatic heterocycles. The summed E-state index contributed by atoms with van der Waals surface area (Å²) in [6.07, 6.45) is 2.16. The van der Waals surface area contributed by atoms with Crippen molar-refractivity contribution in [3.8, 4) is 23.0 Å². The first-order chi connectivity index (χ1) is 13.0. The maximum Gasteiger partial charge on any atom is 0.108 e. The molecule has 3 rings (SSSR count). The molecule has 1 heterocycles. The Bertz CT molecular complexity index is 949. The summed E-state index contributed by atoms with van der Waals surface area (Å²) in [5.41, 5.74) is 4.39. The van der Waals surface area contributed by atoms with E-state index in [0.717, 1.165) is 23.4 Å². The summed E-state index contributed by atoms with van der Waals surface area (Å²) in [5.74, 6) is 0. The van der Waals surface area contributed by atoms with E-state index in [4.69, 9.17) is 10.4 Å². The van der Waals surface area contributed by atoms with Crippen LogP contribution in [0.5, 0.6) is 0 Å². The average molecular weight is 359 g/mol. The summed E-state index contributed by atoms with van der Waals surface area (Å²) in [6.45, 7) is 6.12. The molecule has 138 valence electrons. The molecule has 0 fully saturated rings. The average Bonchev–Trinajstić information content (AvgIpc) is 3.15. The van der Waals surface area contributed by atoms with Crippen LogP contribution in [0.15, 0.2) is 54.6 Å². The fraction of sp³-hybridized carbons (Fsp3) is 0.304. The Hall–Kier alpha value is -2.90. The van der Waals surface area contributed by atoms with Gasteiger partial charge in [-0.15, -0.1) is 0 Å². The molecular formula is C23H25N3O. The molecule has 0 saturated heterocycles. The second-order valence-corrected chi connectivity index (χ2v) is 6.99. The van der Waals surface area contributed by atoms with E-state index in [0.29, 0.717) is 24.1 Å². The number of benzene rings is 2. The molecule has 4 nitrogen and oxygen atoms in total. The highest BCUT2D eigenvalue weighted by atomic mass is 16.3. The van der Waals surface area contributed by atoms with Crippen LogP contribution in [0.4, 0.5) is 0 Å². The molecule has 1 unspecified atom stereocenters. The van der Waals surface area contributed by atoms with Gasteiger partial charge in [-0.05, 0) is 50.1 Å². The van der Waals surface area contributed by atoms with E-state index in [1.165, 1.54) is 5.56 Å². The van der Waals surface area contributed by atoms with Crippen LogP contribution in [0.3, 0.4) is 0 Å². The Morgan fingerprint density at radius 1 is 1.07 bits per heavy atom. The highest BCUT2D eigenvalue weighted by Crippen LogP contribution is 2.33. The lowest BCUT2D eigenvalue weighted by Crippen LogP contribution is -2.25. The quantitative estimate of drug-likeness (QED) is 0.664. The van der Waals surface area contributed by atoms with Gasteiger partial charge in [0.05, 0.1) is 28.7 Å². The smallest absolute Gasteiger partial charge is 0.108 e. The largest absolute Gasteiger partial charge is 0.383 e. The van der Waals surface area contributed by atoms with Gasteiger partial charge in [0.25, 0.3) is 0 Å². The number of nitriles is 1. The molecule has 1 atom stereocenters. The summed E-state index contributed by atoms with van der Waals surface area (Å²) in [4.78, 5) is 0. The molecule has 0 aliphatic rings. The summed E-state index contributed by atoms with van der Waals surface area (Å²) in [7, 11) is 0. The molecule has 4 heteroatoms. The van der Waals surface area contributed by atoms with Gasteiger partial charge in [0.2, 0.25) is 0 Å². The van der Waals surface area contributed by atoms with Crippen LogP contribution in [-0.4, -0.2) is 14.9 Å². The number of rotatable bonds is 6. The van der Waals surface area contributed by atoms with Crippen molar-refractivity contribution < 1.29 is 5.11 Å². The maximum absolute atomic E-state index is 11.1. The van der Waals surface area contributed by atoms with E-state index in [1.807, 2.05) is 29.8 Å². The fourth-order valence-corrected chi connectivity index (χ4v) is 3.31. The van der Waals surface area contributed by atoms with E-state index >= 15 is 0 Å². The zero-order chi connectivity index (χ0) is 19.4. The Morgan fingerprint density at radius 2 is 1.74 bits per heavy atom. The predicted molar refractivity (Wildman–Crippen MR) is 108 cm³/mol. The van der Waals surface area contributed by atoms with Crippen LogP contribution in [0.2, 0.25) is 0 Å². The summed E-state index contributed by atoms with van der Waals surface area (Å²) < 4.78 is 1.86. The van der Waals surface area contributed by atoms with Gasteiger partial charge in [-0.3, -0.25) is 0 Å². The molecule has 0 bridgehead atoms. The number of aromatic nitrogens is 2. The second-order valence-electron chi connectivity index (χ2n) is 6.99. The minimum Gasteiger partial charge on any atom is -0.383 e. The van der Waals surface area contributed by atoms with Gasteiger partial charge in [0.15, 0.2) is 0 Å². The normalized spacial score (nSPS) is 13.1. The van der Waals surface area contributed by atoms with Crippen molar-refractivity contribution >= 4 is 0 Å². The van der Waals surface area contributed by atoms with Crippen LogP contribution < -0.4 is 0 Å². The van der Waals surface area contributed by atoms with Gasteiger partial charge in [-0.25, -0.2) is 4.68 Å². The van der Waals surface area contributed by atoms with Gasteiger partial charge in [0.1, 0.15) is 5.60 Å². The van der Waals surface area contributed by atoms with Gasteiger partial charge in [-0.2, -0.15) is 10.4 Å². The van der Waals surface area contributed by atoms with Crippen molar-refractivity contribution in [1.82, 2.24) is 9.78 Å². The SMILES string of the molecule is CCCC(O)(CC)c1cc(-c2ccc(C)cc2)n(-c2ccc(C#N)cc2)n1. The second kappa shape index (κ2) is 7.77. The first-order valence-corrected chi connectivity index (χ1v) is 9.41. The van der Waals surface area contributed by atoms with Crippen molar-refractivity contribution in [2.24, 2.45) is 0 Å². The highest BCUT2D eigenvalue weighted by Gasteiger charge is 2.30. The highest BCUT2D eigenvalue weighted by molar-refractivity contribution is 5.63. The summed E-state index contributed by atoms with van der Waals surface area (Å²) in [6, 6.07) is 19.8. The van der Waals surface area contributed by atoms with Crippen molar-refractivity contribution in [2.45, 2.75) is 45.6 Å². The predicted octanol–water partition coefficient (Wildman–Crippen LogP) is 5.12. The molecule has 0 amide bonds. The molecule has 2 aromatic carbocycles. The number of hydrogen-bond acceptors (Lipinski definition) is 3. The van der Waals surface area contributed by atoms with Crippen LogP contribution >= 0.6 is 0 Å². The van der Waals surface area contributed by atoms with Crippen LogP contribution in [0.1, 0.15) is 49.9 Å². The Morgan fingerprint density at radius 3 is 2.30 bits per heavy atom. The van der Waals surface area contributed by atoms with Crippen molar-refractivity contribution in [1.29, 1.82) is 5.26 Å². The molecule has 0 saturated carbocycles. The van der Waals surface area contributed by atoms with E-state index in [2.05, 4.69) is 44.2 Å². The van der Waals surface area contributed by atoms with Gasteiger partial charge >= 0.3 is 0 Å². The lowest BCUT2D eigenvalue weighted by Gasteiger charge is -2.23. The maximum atomic E-state index is 11.1. The van der Waals surface area contributed by atoms with E-state index in [-0.39, 0.29) is 0 Å². The minimum absolute atomic E-state index is 0.610. The third-order valence-corrected chi connectivity index (χ3v) is 5.02. The molecule has 3 aromatic rings. The zero-order valence-electron chi connectivity index (χ0n) is 16.1. The number of nitrogens with zero attached hydrogens (tertiary/aromatic N) is 3. The lowest BCUT2D eigenvalue weighted by atomic mass is 9.91. The Labute approximate surface area is 160 Å². The first kappa shape index (κ1) is 18.9. The fourth-order valence-electron chi connectivity index (χ4n) is 3.31. The lowest BCUT2D eigenvalue weighted by molar-refractivity contribution is 0.0180. The van der Waals surface area contributed by atoms with Gasteiger partial charge in [0, 0.05) is 5.56 Å². The van der Waals surface area contributed by atoms with Crippen molar-refractivity contribution in [2.75, 3.05) is 0 Å². The molecule has 1 N–H and O–H groups in total. The molecule has 0 aliphatic heterocycles. The van der Waals surface area contributed by atoms with E-state index in [9.17, 15) is 5.11 Å². The number of hydrogen-bond donors (Lipinski definition) is 1. The Balaban J connectivity index is 2.17. The number of aliphatic hydroxyl groups is 1. The van der Waals surface area contributed by atoms with Crippen molar-refractivity contribution in [3.05, 3.63) is 71.4 Å². The topological polar surface area (TPSA) is 61.8 Å². The monoisotopic (exact) mass is 359 g/mol. The molecule has 27 heavy (non-hydrogen) atoms. The van der Waals surface area contributed by atoms with Crippen LogP contribution in [0, 0.1) is 18.3 Å². The Kier molecular flexibility index (Phi) is 5.43. The van der Waals surface area contributed by atoms with Crippen LogP contribution in [-0.2, 0) is 5.60 Å². The van der Waals surface area contributed by atoms with E-state index in [1.54, 1.807) is 12.1 Å². The third kappa shape index (κ3) is 3.79. The standard InChI is InChI=1S/C23H25N3O/c1-4-14-23(27,5-2)22-15-21(19-10-6-17(3)7-11-19)26(25-22)20-12-8-18(16-24)9-13-20/h6-13,15,27H,4-5,14H2,1-3H3. The number of aryl methyl sites for hydroxylation is 1. The third-order valence-electron chi connectivity index (χ3n) is 5.02. The van der Waals surface area contributed by atoms with Crippen LogP contribution in [0.25, 0.3) is 16.9 Å². The zero-order valence-corrected chi connectivity index (χ0v) is 16.1. The molecular weight excluding hydrogens is 334 g/mol. The summed E-state index contributed by atoms with van der Waals surface area (Å²) >= 11 is 0. The van der Waals surface area contributed by atoms with Crippen molar-refractivity contribution in [3.63, 3.8) is 0 Å². The molecule has 0 spiro atoms. The summed E-state index contributed by atoms with van der Waals surface area (Å²) in [5, 5.41) is 25.0. The first-order valence-electron chi connectivity index (χ1n) is 9.41.